The summed E-state index contributed by atoms with van der Waals surface area (Å²) in [6, 6.07) is 11.3. The summed E-state index contributed by atoms with van der Waals surface area (Å²) in [4.78, 5) is 12.6. The van der Waals surface area contributed by atoms with Crippen LogP contribution >= 0.6 is 11.3 Å². The number of ether oxygens (including phenoxy) is 1. The van der Waals surface area contributed by atoms with Crippen LogP contribution in [0.4, 0.5) is 5.69 Å². The van der Waals surface area contributed by atoms with Crippen molar-refractivity contribution in [3.8, 4) is 5.75 Å². The molecule has 0 radical (unpaired) electrons. The number of ketones is 1. The average molecular weight is 261 g/mol. The van der Waals surface area contributed by atoms with Crippen LogP contribution in [0.15, 0.2) is 41.8 Å². The van der Waals surface area contributed by atoms with Gasteiger partial charge in [-0.3, -0.25) is 4.79 Å². The zero-order valence-electron chi connectivity index (χ0n) is 10.2. The fourth-order valence-corrected chi connectivity index (χ4v) is 2.21. The van der Waals surface area contributed by atoms with Crippen molar-refractivity contribution in [3.63, 3.8) is 0 Å². The van der Waals surface area contributed by atoms with E-state index in [1.165, 1.54) is 11.3 Å². The normalized spacial score (nSPS) is 10.1. The predicted molar refractivity (Wildman–Crippen MR) is 74.8 cm³/mol. The maximum Gasteiger partial charge on any atom is 0.191 e. The fourth-order valence-electron chi connectivity index (χ4n) is 1.54. The van der Waals surface area contributed by atoms with E-state index in [0.717, 1.165) is 16.3 Å². The van der Waals surface area contributed by atoms with E-state index in [4.69, 9.17) is 4.74 Å². The second-order valence-electron chi connectivity index (χ2n) is 3.71. The molecule has 18 heavy (non-hydrogen) atoms. The topological polar surface area (TPSA) is 38.3 Å². The van der Waals surface area contributed by atoms with Gasteiger partial charge in [-0.25, -0.2) is 0 Å². The molecule has 0 unspecified atom stereocenters. The molecule has 2 rings (SSSR count). The van der Waals surface area contributed by atoms with Gasteiger partial charge in [0.05, 0.1) is 18.0 Å². The summed E-state index contributed by atoms with van der Waals surface area (Å²) in [5, 5.41) is 5.01. The first-order valence-electron chi connectivity index (χ1n) is 5.83. The molecule has 0 aliphatic carbocycles. The Bertz CT molecular complexity index is 491. The smallest absolute Gasteiger partial charge is 0.191 e. The van der Waals surface area contributed by atoms with Crippen LogP contribution in [0.1, 0.15) is 16.6 Å². The van der Waals surface area contributed by atoms with Crippen molar-refractivity contribution in [2.45, 2.75) is 6.92 Å². The van der Waals surface area contributed by atoms with Crippen molar-refractivity contribution in [1.82, 2.24) is 0 Å². The highest BCUT2D eigenvalue weighted by atomic mass is 32.1. The molecule has 94 valence electrons. The van der Waals surface area contributed by atoms with E-state index in [0.29, 0.717) is 13.2 Å². The lowest BCUT2D eigenvalue weighted by molar-refractivity contribution is 0.101. The van der Waals surface area contributed by atoms with E-state index >= 15 is 0 Å². The number of anilines is 1. The van der Waals surface area contributed by atoms with Gasteiger partial charge in [0.25, 0.3) is 0 Å². The lowest BCUT2D eigenvalue weighted by Gasteiger charge is -2.06. The fraction of sp³-hybridized carbons (Fsp3) is 0.214. The largest absolute Gasteiger partial charge is 0.494 e. The summed E-state index contributed by atoms with van der Waals surface area (Å²) in [6.45, 7) is 2.92. The van der Waals surface area contributed by atoms with Gasteiger partial charge in [-0.1, -0.05) is 6.07 Å². The Hall–Kier alpha value is -1.81. The summed E-state index contributed by atoms with van der Waals surface area (Å²) in [7, 11) is 0. The van der Waals surface area contributed by atoms with Crippen LogP contribution in [-0.2, 0) is 0 Å². The predicted octanol–water partition coefficient (Wildman–Crippen LogP) is 3.44. The van der Waals surface area contributed by atoms with Gasteiger partial charge in [-0.05, 0) is 42.6 Å². The molecule has 0 aliphatic rings. The highest BCUT2D eigenvalue weighted by Crippen LogP contribution is 2.16. The standard InChI is InChI=1S/C14H15NO2S/c1-2-17-12-7-5-11(6-8-12)15-10-13(16)14-4-3-9-18-14/h3-9,15H,2,10H2,1H3. The van der Waals surface area contributed by atoms with Crippen molar-refractivity contribution < 1.29 is 9.53 Å². The maximum atomic E-state index is 11.8. The molecule has 1 N–H and O–H groups in total. The molecule has 0 bridgehead atoms. The van der Waals surface area contributed by atoms with E-state index in [9.17, 15) is 4.79 Å². The molecule has 0 aliphatic heterocycles. The quantitative estimate of drug-likeness (QED) is 0.809. The molecule has 0 saturated heterocycles. The Kier molecular flexibility index (Phi) is 4.36. The van der Waals surface area contributed by atoms with Crippen molar-refractivity contribution in [2.75, 3.05) is 18.5 Å². The Labute approximate surface area is 110 Å². The van der Waals surface area contributed by atoms with Gasteiger partial charge in [0.15, 0.2) is 5.78 Å². The first kappa shape index (κ1) is 12.6. The number of hydrogen-bond acceptors (Lipinski definition) is 4. The third-order valence-corrected chi connectivity index (χ3v) is 3.33. The lowest BCUT2D eigenvalue weighted by atomic mass is 10.2. The molecule has 0 atom stereocenters. The zero-order chi connectivity index (χ0) is 12.8. The number of carbonyl (C=O) groups is 1. The first-order chi connectivity index (χ1) is 8.79. The minimum atomic E-state index is 0.110. The Morgan fingerprint density at radius 2 is 2.06 bits per heavy atom. The highest BCUT2D eigenvalue weighted by Gasteiger charge is 2.05. The van der Waals surface area contributed by atoms with E-state index in [2.05, 4.69) is 5.32 Å². The second kappa shape index (κ2) is 6.21. The van der Waals surface area contributed by atoms with Gasteiger partial charge in [0.2, 0.25) is 0 Å². The molecule has 0 spiro atoms. The Morgan fingerprint density at radius 1 is 1.28 bits per heavy atom. The van der Waals surface area contributed by atoms with Gasteiger partial charge in [-0.15, -0.1) is 11.3 Å². The average Bonchev–Trinajstić information content (AvgIpc) is 2.92. The molecule has 4 heteroatoms. The van der Waals surface area contributed by atoms with E-state index in [1.54, 1.807) is 0 Å². The van der Waals surface area contributed by atoms with Crippen LogP contribution in [0.2, 0.25) is 0 Å². The molecule has 1 heterocycles. The number of benzene rings is 1. The summed E-state index contributed by atoms with van der Waals surface area (Å²) in [6.07, 6.45) is 0. The molecule has 3 nitrogen and oxygen atoms in total. The van der Waals surface area contributed by atoms with E-state index < -0.39 is 0 Å². The van der Waals surface area contributed by atoms with Crippen molar-refractivity contribution >= 4 is 22.8 Å². The van der Waals surface area contributed by atoms with Crippen LogP contribution in [-0.4, -0.2) is 18.9 Å². The van der Waals surface area contributed by atoms with Crippen LogP contribution < -0.4 is 10.1 Å². The van der Waals surface area contributed by atoms with Gasteiger partial charge < -0.3 is 10.1 Å². The Balaban J connectivity index is 1.88. The molecule has 0 saturated carbocycles. The lowest BCUT2D eigenvalue weighted by Crippen LogP contribution is -2.12. The number of Topliss-reactive ketones (excluding diaryl/α,β-unsaturated/α-hetero) is 1. The van der Waals surface area contributed by atoms with Crippen LogP contribution in [0.5, 0.6) is 5.75 Å². The summed E-state index contributed by atoms with van der Waals surface area (Å²) >= 11 is 1.47. The number of rotatable bonds is 6. The molecule has 0 fully saturated rings. The number of thiophene rings is 1. The summed E-state index contributed by atoms with van der Waals surface area (Å²) in [5.41, 5.74) is 0.920. The molecule has 0 amide bonds. The minimum Gasteiger partial charge on any atom is -0.494 e. The molecule has 1 aromatic heterocycles. The zero-order valence-corrected chi connectivity index (χ0v) is 11.0. The number of carbonyl (C=O) groups excluding carboxylic acids is 1. The van der Waals surface area contributed by atoms with Gasteiger partial charge >= 0.3 is 0 Å². The highest BCUT2D eigenvalue weighted by molar-refractivity contribution is 7.12. The van der Waals surface area contributed by atoms with Crippen LogP contribution in [0, 0.1) is 0 Å². The van der Waals surface area contributed by atoms with Crippen molar-refractivity contribution in [1.29, 1.82) is 0 Å². The molecular weight excluding hydrogens is 246 g/mol. The van der Waals surface area contributed by atoms with Crippen LogP contribution in [0.25, 0.3) is 0 Å². The van der Waals surface area contributed by atoms with Gasteiger partial charge in [0.1, 0.15) is 5.75 Å². The van der Waals surface area contributed by atoms with E-state index in [-0.39, 0.29) is 5.78 Å². The maximum absolute atomic E-state index is 11.8. The Morgan fingerprint density at radius 3 is 2.67 bits per heavy atom. The third kappa shape index (κ3) is 3.34. The SMILES string of the molecule is CCOc1ccc(NCC(=O)c2cccs2)cc1. The monoisotopic (exact) mass is 261 g/mol. The third-order valence-electron chi connectivity index (χ3n) is 2.41. The van der Waals surface area contributed by atoms with Crippen molar-refractivity contribution in [2.24, 2.45) is 0 Å². The van der Waals surface area contributed by atoms with Crippen molar-refractivity contribution in [3.05, 3.63) is 46.7 Å². The number of hydrogen-bond donors (Lipinski definition) is 1. The molecule has 1 aromatic carbocycles. The second-order valence-corrected chi connectivity index (χ2v) is 4.66. The molecular formula is C14H15NO2S. The molecule has 2 aromatic rings. The minimum absolute atomic E-state index is 0.110. The first-order valence-corrected chi connectivity index (χ1v) is 6.71. The number of nitrogens with one attached hydrogen (secondary N) is 1. The van der Waals surface area contributed by atoms with E-state index in [1.807, 2.05) is 48.7 Å². The summed E-state index contributed by atoms with van der Waals surface area (Å²) in [5.74, 6) is 0.950. The summed E-state index contributed by atoms with van der Waals surface area (Å²) < 4.78 is 5.35. The van der Waals surface area contributed by atoms with Gasteiger partial charge in [0, 0.05) is 5.69 Å². The van der Waals surface area contributed by atoms with Gasteiger partial charge in [-0.2, -0.15) is 0 Å². The van der Waals surface area contributed by atoms with Crippen LogP contribution in [0.3, 0.4) is 0 Å².